The Morgan fingerprint density at radius 2 is 1.74 bits per heavy atom. The van der Waals surface area contributed by atoms with Crippen LogP contribution in [0.3, 0.4) is 0 Å². The molecule has 1 heterocycles. The number of benzene rings is 2. The number of carbonyl (C=O) groups is 2. The zero-order valence-corrected chi connectivity index (χ0v) is 14.7. The van der Waals surface area contributed by atoms with E-state index in [9.17, 15) is 27.9 Å². The van der Waals surface area contributed by atoms with E-state index < -0.39 is 24.3 Å². The molecule has 0 radical (unpaired) electrons. The molecule has 8 heteroatoms. The summed E-state index contributed by atoms with van der Waals surface area (Å²) in [7, 11) is 0. The lowest BCUT2D eigenvalue weighted by Crippen LogP contribution is -2.25. The normalized spacial score (nSPS) is 11.7. The molecule has 0 spiro atoms. The number of ketones is 1. The Morgan fingerprint density at radius 1 is 1.11 bits per heavy atom. The lowest BCUT2D eigenvalue weighted by Gasteiger charge is -2.08. The highest BCUT2D eigenvalue weighted by atomic mass is 35.5. The topological polar surface area (TPSA) is 59.3 Å². The second-order valence-electron chi connectivity index (χ2n) is 6.01. The van der Waals surface area contributed by atoms with Crippen LogP contribution in [0.2, 0.25) is 5.02 Å². The smallest absolute Gasteiger partial charge is 0.450 e. The molecule has 0 atom stereocenters. The van der Waals surface area contributed by atoms with Crippen LogP contribution in [0.5, 0.6) is 5.75 Å². The minimum Gasteiger partial charge on any atom is -0.508 e. The molecule has 0 aliphatic rings. The highest BCUT2D eigenvalue weighted by Crippen LogP contribution is 2.32. The molecule has 0 aliphatic carbocycles. The molecule has 2 aromatic carbocycles. The molecule has 0 saturated carbocycles. The summed E-state index contributed by atoms with van der Waals surface area (Å²) in [5.74, 6) is -2.59. The van der Waals surface area contributed by atoms with Gasteiger partial charge in [0, 0.05) is 28.1 Å². The molecule has 0 bridgehead atoms. The molecule has 140 valence electrons. The molecule has 3 rings (SSSR count). The predicted molar refractivity (Wildman–Crippen MR) is 94.3 cm³/mol. The number of nitrogens with zero attached hydrogens (tertiary/aromatic N) is 1. The molecule has 0 saturated heterocycles. The summed E-state index contributed by atoms with van der Waals surface area (Å²) in [6, 6.07) is 10.0. The molecule has 0 amide bonds. The molecule has 27 heavy (non-hydrogen) atoms. The Kier molecular flexibility index (Phi) is 4.73. The first-order valence-corrected chi connectivity index (χ1v) is 8.20. The summed E-state index contributed by atoms with van der Waals surface area (Å²) in [6.45, 7) is 1.46. The van der Waals surface area contributed by atoms with Gasteiger partial charge in [0.25, 0.3) is 5.91 Å². The standard InChI is InChI=1S/C19H13ClF3NO3/c1-10-14(9-17(26)19(21,22)23)15-8-13(25)6-7-16(15)24(10)18(27)11-2-4-12(20)5-3-11/h2-8,25H,9H2,1H3. The van der Waals surface area contributed by atoms with Crippen LogP contribution >= 0.6 is 11.6 Å². The van der Waals surface area contributed by atoms with Gasteiger partial charge in [0.1, 0.15) is 5.75 Å². The number of alkyl halides is 3. The van der Waals surface area contributed by atoms with E-state index in [-0.39, 0.29) is 28.0 Å². The van der Waals surface area contributed by atoms with E-state index in [1.54, 1.807) is 0 Å². The first kappa shape index (κ1) is 19.0. The molecule has 1 N–H and O–H groups in total. The molecular formula is C19H13ClF3NO3. The van der Waals surface area contributed by atoms with Gasteiger partial charge in [-0.3, -0.25) is 14.2 Å². The Morgan fingerprint density at radius 3 is 2.33 bits per heavy atom. The van der Waals surface area contributed by atoms with Crippen molar-refractivity contribution < 1.29 is 27.9 Å². The van der Waals surface area contributed by atoms with E-state index in [1.165, 1.54) is 54.0 Å². The minimum atomic E-state index is -4.99. The third-order valence-corrected chi connectivity index (χ3v) is 4.52. The first-order valence-electron chi connectivity index (χ1n) is 7.83. The second kappa shape index (κ2) is 6.74. The summed E-state index contributed by atoms with van der Waals surface area (Å²) >= 11 is 5.82. The van der Waals surface area contributed by atoms with Crippen LogP contribution in [0.15, 0.2) is 42.5 Å². The molecule has 4 nitrogen and oxygen atoms in total. The fourth-order valence-electron chi connectivity index (χ4n) is 2.94. The Balaban J connectivity index is 2.19. The number of rotatable bonds is 3. The molecule has 0 aliphatic heterocycles. The third-order valence-electron chi connectivity index (χ3n) is 4.27. The van der Waals surface area contributed by atoms with Gasteiger partial charge in [0.2, 0.25) is 5.78 Å². The van der Waals surface area contributed by atoms with Gasteiger partial charge in [-0.1, -0.05) is 11.6 Å². The highest BCUT2D eigenvalue weighted by Gasteiger charge is 2.39. The zero-order valence-electron chi connectivity index (χ0n) is 14.0. The number of aromatic hydroxyl groups is 1. The van der Waals surface area contributed by atoms with Crippen molar-refractivity contribution in [3.8, 4) is 5.75 Å². The van der Waals surface area contributed by atoms with Crippen LogP contribution < -0.4 is 0 Å². The minimum absolute atomic E-state index is 0.0468. The van der Waals surface area contributed by atoms with E-state index in [0.29, 0.717) is 10.5 Å². The van der Waals surface area contributed by atoms with E-state index >= 15 is 0 Å². The van der Waals surface area contributed by atoms with Crippen molar-refractivity contribution in [2.75, 3.05) is 0 Å². The summed E-state index contributed by atoms with van der Waals surface area (Å²) in [5, 5.41) is 10.4. The number of fused-ring (bicyclic) bond motifs is 1. The summed E-state index contributed by atoms with van der Waals surface area (Å²) in [5.41, 5.74) is 0.829. The van der Waals surface area contributed by atoms with Crippen molar-refractivity contribution in [2.45, 2.75) is 19.5 Å². The van der Waals surface area contributed by atoms with Crippen LogP contribution in [-0.2, 0) is 11.2 Å². The number of phenolic OH excluding ortho intramolecular Hbond substituents is 1. The maximum atomic E-state index is 12.9. The SMILES string of the molecule is Cc1c(CC(=O)C(F)(F)F)c2cc(O)ccc2n1C(=O)c1ccc(Cl)cc1. The number of hydrogen-bond acceptors (Lipinski definition) is 3. The van der Waals surface area contributed by atoms with Crippen LogP contribution in [0.25, 0.3) is 10.9 Å². The van der Waals surface area contributed by atoms with Crippen LogP contribution in [0.4, 0.5) is 13.2 Å². The van der Waals surface area contributed by atoms with Gasteiger partial charge < -0.3 is 5.11 Å². The Labute approximate surface area is 156 Å². The lowest BCUT2D eigenvalue weighted by atomic mass is 10.0. The average molecular weight is 396 g/mol. The summed E-state index contributed by atoms with van der Waals surface area (Å²) in [6.07, 6.45) is -5.91. The molecule has 0 unspecified atom stereocenters. The number of Topliss-reactive ketones (excluding diaryl/α,β-unsaturated/α-hetero) is 1. The number of phenols is 1. The number of aromatic nitrogens is 1. The highest BCUT2D eigenvalue weighted by molar-refractivity contribution is 6.30. The van der Waals surface area contributed by atoms with Crippen molar-refractivity contribution in [2.24, 2.45) is 0 Å². The van der Waals surface area contributed by atoms with Crippen LogP contribution in [-0.4, -0.2) is 27.5 Å². The maximum absolute atomic E-state index is 12.9. The fourth-order valence-corrected chi connectivity index (χ4v) is 3.06. The summed E-state index contributed by atoms with van der Waals surface area (Å²) < 4.78 is 39.4. The van der Waals surface area contributed by atoms with Crippen molar-refractivity contribution in [1.29, 1.82) is 0 Å². The average Bonchev–Trinajstić information content (AvgIpc) is 2.85. The van der Waals surface area contributed by atoms with Crippen molar-refractivity contribution in [1.82, 2.24) is 4.57 Å². The number of hydrogen-bond donors (Lipinski definition) is 1. The Bertz CT molecular complexity index is 1050. The van der Waals surface area contributed by atoms with Gasteiger partial charge in [-0.2, -0.15) is 13.2 Å². The monoisotopic (exact) mass is 395 g/mol. The van der Waals surface area contributed by atoms with Crippen molar-refractivity contribution in [3.05, 3.63) is 64.3 Å². The summed E-state index contributed by atoms with van der Waals surface area (Å²) in [4.78, 5) is 24.4. The second-order valence-corrected chi connectivity index (χ2v) is 6.45. The predicted octanol–water partition coefficient (Wildman–Crippen LogP) is 4.67. The quantitative estimate of drug-likeness (QED) is 0.701. The molecule has 1 aromatic heterocycles. The van der Waals surface area contributed by atoms with Crippen molar-refractivity contribution >= 4 is 34.2 Å². The van der Waals surface area contributed by atoms with Gasteiger partial charge in [-0.25, -0.2) is 0 Å². The Hall–Kier alpha value is -2.80. The van der Waals surface area contributed by atoms with E-state index in [1.807, 2.05) is 0 Å². The van der Waals surface area contributed by atoms with Gasteiger partial charge in [0.05, 0.1) is 5.52 Å². The number of halogens is 4. The molecule has 0 fully saturated rings. The largest absolute Gasteiger partial charge is 0.508 e. The van der Waals surface area contributed by atoms with E-state index in [4.69, 9.17) is 11.6 Å². The number of carbonyl (C=O) groups excluding carboxylic acids is 2. The third kappa shape index (κ3) is 3.55. The van der Waals surface area contributed by atoms with Gasteiger partial charge in [0.15, 0.2) is 0 Å². The zero-order chi connectivity index (χ0) is 19.9. The van der Waals surface area contributed by atoms with Gasteiger partial charge in [-0.05, 0) is 55.0 Å². The van der Waals surface area contributed by atoms with Crippen molar-refractivity contribution in [3.63, 3.8) is 0 Å². The van der Waals surface area contributed by atoms with E-state index in [2.05, 4.69) is 0 Å². The van der Waals surface area contributed by atoms with Gasteiger partial charge in [-0.15, -0.1) is 0 Å². The first-order chi connectivity index (χ1) is 12.6. The van der Waals surface area contributed by atoms with Crippen LogP contribution in [0.1, 0.15) is 21.6 Å². The van der Waals surface area contributed by atoms with Crippen LogP contribution in [0, 0.1) is 6.92 Å². The fraction of sp³-hybridized carbons (Fsp3) is 0.158. The lowest BCUT2D eigenvalue weighted by molar-refractivity contribution is -0.170. The maximum Gasteiger partial charge on any atom is 0.450 e. The molecule has 3 aromatic rings. The molecular weight excluding hydrogens is 383 g/mol. The van der Waals surface area contributed by atoms with Gasteiger partial charge >= 0.3 is 6.18 Å². The van der Waals surface area contributed by atoms with E-state index in [0.717, 1.165) is 0 Å².